The summed E-state index contributed by atoms with van der Waals surface area (Å²) in [6, 6.07) is 5.75. The van der Waals surface area contributed by atoms with Gasteiger partial charge in [0.25, 0.3) is 0 Å². The number of fused-ring (bicyclic) bond motifs is 1. The second-order valence-corrected chi connectivity index (χ2v) is 10.4. The van der Waals surface area contributed by atoms with E-state index in [9.17, 15) is 8.42 Å². The minimum absolute atomic E-state index is 0.115. The summed E-state index contributed by atoms with van der Waals surface area (Å²) in [5.74, 6) is 1.76. The molecule has 7 nitrogen and oxygen atoms in total. The van der Waals surface area contributed by atoms with Crippen LogP contribution in [-0.4, -0.2) is 53.1 Å². The first-order valence-corrected chi connectivity index (χ1v) is 12.6. The molecule has 0 aliphatic carbocycles. The first kappa shape index (κ1) is 21.2. The lowest BCUT2D eigenvalue weighted by Gasteiger charge is -2.35. The van der Waals surface area contributed by atoms with Crippen LogP contribution in [0.15, 0.2) is 24.4 Å². The van der Waals surface area contributed by atoms with Crippen molar-refractivity contribution in [1.82, 2.24) is 19.3 Å². The van der Waals surface area contributed by atoms with E-state index in [1.165, 1.54) is 5.56 Å². The molecule has 1 fully saturated rings. The lowest BCUT2D eigenvalue weighted by molar-refractivity contribution is 0.246. The number of rotatable bonds is 6. The van der Waals surface area contributed by atoms with Crippen molar-refractivity contribution >= 4 is 15.8 Å². The van der Waals surface area contributed by atoms with E-state index in [2.05, 4.69) is 16.0 Å². The van der Waals surface area contributed by atoms with Gasteiger partial charge < -0.3 is 4.90 Å². The smallest absolute Gasteiger partial charge is 0.214 e. The maximum atomic E-state index is 12.7. The Morgan fingerprint density at radius 1 is 1.13 bits per heavy atom. The van der Waals surface area contributed by atoms with Gasteiger partial charge in [-0.2, -0.15) is 4.31 Å². The van der Waals surface area contributed by atoms with Crippen LogP contribution in [0.4, 0.5) is 5.82 Å². The van der Waals surface area contributed by atoms with Gasteiger partial charge in [-0.15, -0.1) is 0 Å². The Labute approximate surface area is 179 Å². The maximum Gasteiger partial charge on any atom is 0.214 e. The van der Waals surface area contributed by atoms with Gasteiger partial charge in [0, 0.05) is 49.2 Å². The molecule has 8 heteroatoms. The molecule has 0 amide bonds. The number of hydrogen-bond acceptors (Lipinski definition) is 6. The van der Waals surface area contributed by atoms with Crippen LogP contribution in [-0.2, 0) is 22.9 Å². The number of anilines is 1. The second-order valence-electron chi connectivity index (χ2n) is 8.15. The third kappa shape index (κ3) is 4.34. The summed E-state index contributed by atoms with van der Waals surface area (Å²) in [4.78, 5) is 16.6. The van der Waals surface area contributed by atoms with Crippen molar-refractivity contribution in [2.75, 3.05) is 30.3 Å². The minimum Gasteiger partial charge on any atom is -0.356 e. The standard InChI is InChI=1S/C22H31N5O2S/c1-3-30(28,29)27-15-7-5-11-20(27)21-24-17(2)19-10-8-14-26(22(19)25-21)16-12-18-9-4-6-13-23-18/h4,6,9,13,20H,3,5,7-8,10-12,14-16H2,1-2H3. The predicted octanol–water partition coefficient (Wildman–Crippen LogP) is 3.05. The van der Waals surface area contributed by atoms with Crippen molar-refractivity contribution in [1.29, 1.82) is 0 Å². The van der Waals surface area contributed by atoms with Crippen LogP contribution in [0.25, 0.3) is 0 Å². The molecular formula is C22H31N5O2S. The number of aryl methyl sites for hydroxylation is 1. The van der Waals surface area contributed by atoms with E-state index in [0.29, 0.717) is 12.4 Å². The molecule has 0 saturated carbocycles. The van der Waals surface area contributed by atoms with Crippen molar-refractivity contribution in [3.8, 4) is 0 Å². The van der Waals surface area contributed by atoms with Gasteiger partial charge in [0.1, 0.15) is 11.6 Å². The van der Waals surface area contributed by atoms with Crippen LogP contribution in [0.3, 0.4) is 0 Å². The summed E-state index contributed by atoms with van der Waals surface area (Å²) in [5, 5.41) is 0. The van der Waals surface area contributed by atoms with E-state index in [0.717, 1.165) is 68.8 Å². The van der Waals surface area contributed by atoms with E-state index in [1.807, 2.05) is 25.3 Å². The lowest BCUT2D eigenvalue weighted by atomic mass is 10.0. The zero-order chi connectivity index (χ0) is 21.1. The molecule has 2 aromatic rings. The number of pyridine rings is 1. The largest absolute Gasteiger partial charge is 0.356 e. The molecular weight excluding hydrogens is 398 g/mol. The van der Waals surface area contributed by atoms with Gasteiger partial charge in [0.15, 0.2) is 0 Å². The summed E-state index contributed by atoms with van der Waals surface area (Å²) in [7, 11) is -3.28. The van der Waals surface area contributed by atoms with Gasteiger partial charge in [-0.05, 0) is 51.7 Å². The normalized spacial score (nSPS) is 20.2. The molecule has 2 aliphatic rings. The quantitative estimate of drug-likeness (QED) is 0.702. The molecule has 0 spiro atoms. The molecule has 4 rings (SSSR count). The molecule has 0 radical (unpaired) electrons. The first-order valence-electron chi connectivity index (χ1n) is 11.0. The van der Waals surface area contributed by atoms with Gasteiger partial charge in [-0.25, -0.2) is 18.4 Å². The highest BCUT2D eigenvalue weighted by atomic mass is 32.2. The van der Waals surface area contributed by atoms with Crippen LogP contribution >= 0.6 is 0 Å². The van der Waals surface area contributed by atoms with E-state index in [-0.39, 0.29) is 11.8 Å². The molecule has 0 bridgehead atoms. The third-order valence-corrected chi connectivity index (χ3v) is 8.08. The highest BCUT2D eigenvalue weighted by Crippen LogP contribution is 2.35. The number of nitrogens with zero attached hydrogens (tertiary/aromatic N) is 5. The minimum atomic E-state index is -3.28. The topological polar surface area (TPSA) is 79.3 Å². The van der Waals surface area contributed by atoms with Crippen molar-refractivity contribution in [2.24, 2.45) is 0 Å². The Hall–Kier alpha value is -2.06. The summed E-state index contributed by atoms with van der Waals surface area (Å²) < 4.78 is 27.0. The SMILES string of the molecule is CCS(=O)(=O)N1CCCCC1c1nc(C)c2c(n1)N(CCc1ccccn1)CCC2. The first-order chi connectivity index (χ1) is 14.5. The average molecular weight is 430 g/mol. The van der Waals surface area contributed by atoms with Crippen LogP contribution in [0, 0.1) is 6.92 Å². The van der Waals surface area contributed by atoms with Gasteiger partial charge in [0.2, 0.25) is 10.0 Å². The van der Waals surface area contributed by atoms with Crippen molar-refractivity contribution in [2.45, 2.75) is 58.4 Å². The fourth-order valence-corrected chi connectivity index (χ4v) is 5.86. The highest BCUT2D eigenvalue weighted by molar-refractivity contribution is 7.89. The zero-order valence-corrected chi connectivity index (χ0v) is 18.7. The molecule has 0 aromatic carbocycles. The Bertz CT molecular complexity index is 981. The fourth-order valence-electron chi connectivity index (χ4n) is 4.53. The third-order valence-electron chi connectivity index (χ3n) is 6.20. The summed E-state index contributed by atoms with van der Waals surface area (Å²) in [5.41, 5.74) is 3.26. The Morgan fingerprint density at radius 3 is 2.77 bits per heavy atom. The van der Waals surface area contributed by atoms with E-state index in [1.54, 1.807) is 11.2 Å². The summed E-state index contributed by atoms with van der Waals surface area (Å²) in [6.07, 6.45) is 7.43. The van der Waals surface area contributed by atoms with Crippen LogP contribution < -0.4 is 4.90 Å². The number of piperidine rings is 1. The number of hydrogen-bond donors (Lipinski definition) is 0. The van der Waals surface area contributed by atoms with E-state index in [4.69, 9.17) is 9.97 Å². The maximum absolute atomic E-state index is 12.7. The van der Waals surface area contributed by atoms with Gasteiger partial charge in [-0.3, -0.25) is 4.98 Å². The predicted molar refractivity (Wildman–Crippen MR) is 118 cm³/mol. The Morgan fingerprint density at radius 2 is 2.00 bits per heavy atom. The van der Waals surface area contributed by atoms with Gasteiger partial charge in [-0.1, -0.05) is 12.5 Å². The average Bonchev–Trinajstić information content (AvgIpc) is 2.78. The monoisotopic (exact) mass is 429 g/mol. The summed E-state index contributed by atoms with van der Waals surface area (Å²) in [6.45, 7) is 6.11. The van der Waals surface area contributed by atoms with Crippen LogP contribution in [0.1, 0.15) is 61.4 Å². The Balaban J connectivity index is 1.64. The zero-order valence-electron chi connectivity index (χ0n) is 17.9. The molecule has 2 aromatic heterocycles. The molecule has 1 unspecified atom stereocenters. The number of sulfonamides is 1. The van der Waals surface area contributed by atoms with Crippen molar-refractivity contribution in [3.05, 3.63) is 47.2 Å². The second kappa shape index (κ2) is 8.98. The summed E-state index contributed by atoms with van der Waals surface area (Å²) >= 11 is 0. The van der Waals surface area contributed by atoms with E-state index < -0.39 is 10.0 Å². The molecule has 4 heterocycles. The fraction of sp³-hybridized carbons (Fsp3) is 0.591. The van der Waals surface area contributed by atoms with E-state index >= 15 is 0 Å². The molecule has 162 valence electrons. The molecule has 30 heavy (non-hydrogen) atoms. The van der Waals surface area contributed by atoms with Crippen LogP contribution in [0.5, 0.6) is 0 Å². The number of aromatic nitrogens is 3. The molecule has 2 aliphatic heterocycles. The van der Waals surface area contributed by atoms with Crippen LogP contribution in [0.2, 0.25) is 0 Å². The molecule has 1 atom stereocenters. The van der Waals surface area contributed by atoms with Crippen molar-refractivity contribution in [3.63, 3.8) is 0 Å². The molecule has 0 N–H and O–H groups in total. The highest BCUT2D eigenvalue weighted by Gasteiger charge is 2.35. The Kier molecular flexibility index (Phi) is 6.34. The van der Waals surface area contributed by atoms with Crippen molar-refractivity contribution < 1.29 is 8.42 Å². The van der Waals surface area contributed by atoms with Gasteiger partial charge >= 0.3 is 0 Å². The molecule has 1 saturated heterocycles. The lowest BCUT2D eigenvalue weighted by Crippen LogP contribution is -2.41. The van der Waals surface area contributed by atoms with Gasteiger partial charge in [0.05, 0.1) is 11.8 Å².